The summed E-state index contributed by atoms with van der Waals surface area (Å²) in [7, 11) is -4.20. The van der Waals surface area contributed by atoms with Gasteiger partial charge >= 0.3 is 5.69 Å². The maximum absolute atomic E-state index is 10.9. The molecule has 0 atom stereocenters. The fourth-order valence-corrected chi connectivity index (χ4v) is 1.87. The summed E-state index contributed by atoms with van der Waals surface area (Å²) >= 11 is 0. The van der Waals surface area contributed by atoms with Gasteiger partial charge < -0.3 is 0 Å². The molecule has 0 saturated carbocycles. The van der Waals surface area contributed by atoms with Gasteiger partial charge in [-0.3, -0.25) is 4.55 Å². The van der Waals surface area contributed by atoms with Crippen molar-refractivity contribution < 1.29 is 13.0 Å². The third-order valence-electron chi connectivity index (χ3n) is 2.38. The fourth-order valence-electron chi connectivity index (χ4n) is 1.39. The van der Waals surface area contributed by atoms with Crippen molar-refractivity contribution in [3.8, 4) is 0 Å². The van der Waals surface area contributed by atoms with E-state index in [0.29, 0.717) is 17.1 Å². The van der Waals surface area contributed by atoms with Gasteiger partial charge in [-0.1, -0.05) is 0 Å². The molecule has 0 aliphatic heterocycles. The number of hydrogen-bond acceptors (Lipinski definition) is 5. The molecule has 1 N–H and O–H groups in total. The summed E-state index contributed by atoms with van der Waals surface area (Å²) < 4.78 is 30.5. The van der Waals surface area contributed by atoms with Crippen molar-refractivity contribution in [2.75, 3.05) is 0 Å². The van der Waals surface area contributed by atoms with Gasteiger partial charge in [0.1, 0.15) is 0 Å². The first-order chi connectivity index (χ1) is 9.49. The molecule has 0 aliphatic rings. The molecule has 2 aromatic carbocycles. The molecule has 0 amide bonds. The topological polar surface area (TPSA) is 107 Å². The van der Waals surface area contributed by atoms with E-state index in [4.69, 9.17) is 9.95 Å². The second kappa shape index (κ2) is 5.56. The van der Waals surface area contributed by atoms with Crippen molar-refractivity contribution in [1.29, 1.82) is 5.39 Å². The zero-order chi connectivity index (χ0) is 14.6. The second-order valence-electron chi connectivity index (χ2n) is 3.79. The molecule has 0 aliphatic carbocycles. The molecule has 0 spiro atoms. The molecule has 0 aromatic heterocycles. The highest BCUT2D eigenvalue weighted by Crippen LogP contribution is 2.22. The molecular weight excluding hydrogens is 280 g/mol. The lowest BCUT2D eigenvalue weighted by Gasteiger charge is -1.96. The Hall–Kier alpha value is -2.63. The van der Waals surface area contributed by atoms with E-state index >= 15 is 0 Å². The summed E-state index contributed by atoms with van der Waals surface area (Å²) in [5, 5.41) is 16.4. The summed E-state index contributed by atoms with van der Waals surface area (Å²) in [4.78, 5) is 2.81. The van der Waals surface area contributed by atoms with Crippen LogP contribution in [0.1, 0.15) is 0 Å². The minimum atomic E-state index is -4.20. The van der Waals surface area contributed by atoms with Gasteiger partial charge in [-0.05, 0) is 36.4 Å². The third kappa shape index (κ3) is 3.44. The SMILES string of the molecule is N#[N+]c1ccc(N=Nc2ccc(S(=O)(=O)O)cc2)cc1. The number of azo groups is 1. The van der Waals surface area contributed by atoms with Crippen molar-refractivity contribution in [2.45, 2.75) is 4.90 Å². The summed E-state index contributed by atoms with van der Waals surface area (Å²) in [6, 6.07) is 11.7. The Morgan fingerprint density at radius 1 is 0.900 bits per heavy atom. The van der Waals surface area contributed by atoms with Gasteiger partial charge in [-0.2, -0.15) is 18.6 Å². The van der Waals surface area contributed by atoms with Gasteiger partial charge in [0.25, 0.3) is 10.1 Å². The quantitative estimate of drug-likeness (QED) is 0.526. The van der Waals surface area contributed by atoms with Gasteiger partial charge in [0.15, 0.2) is 4.98 Å². The molecule has 0 bridgehead atoms. The zero-order valence-electron chi connectivity index (χ0n) is 10.1. The maximum Gasteiger partial charge on any atom is 0.385 e. The number of rotatable bonds is 3. The van der Waals surface area contributed by atoms with Crippen LogP contribution in [0.5, 0.6) is 0 Å². The van der Waals surface area contributed by atoms with Crippen molar-refractivity contribution in [1.82, 2.24) is 0 Å². The summed E-state index contributed by atoms with van der Waals surface area (Å²) in [6.45, 7) is 0. The molecule has 2 rings (SSSR count). The van der Waals surface area contributed by atoms with Crippen molar-refractivity contribution >= 4 is 27.2 Å². The molecule has 0 heterocycles. The third-order valence-corrected chi connectivity index (χ3v) is 3.25. The van der Waals surface area contributed by atoms with E-state index in [0.717, 1.165) is 0 Å². The largest absolute Gasteiger partial charge is 0.385 e. The molecule has 0 radical (unpaired) electrons. The minimum absolute atomic E-state index is 0.203. The van der Waals surface area contributed by atoms with E-state index in [-0.39, 0.29) is 4.90 Å². The first-order valence-electron chi connectivity index (χ1n) is 5.43. The van der Waals surface area contributed by atoms with E-state index in [2.05, 4.69) is 15.2 Å². The minimum Gasteiger partial charge on any atom is -0.282 e. The normalized spacial score (nSPS) is 11.4. The Balaban J connectivity index is 2.17. The standard InChI is InChI=1S/C12H8N4O3S/c13-14-9-1-3-10(4-2-9)15-16-11-5-7-12(8-6-11)20(17,18)19/h1-8H/p+1. The first kappa shape index (κ1) is 13.8. The smallest absolute Gasteiger partial charge is 0.282 e. The van der Waals surface area contributed by atoms with Crippen molar-refractivity contribution in [3.63, 3.8) is 0 Å². The maximum atomic E-state index is 10.9. The molecule has 0 fully saturated rings. The molecular formula is C12H9N4O3S+. The van der Waals surface area contributed by atoms with Crippen molar-refractivity contribution in [2.24, 2.45) is 10.2 Å². The Morgan fingerprint density at radius 3 is 1.75 bits per heavy atom. The Kier molecular flexibility index (Phi) is 3.84. The number of nitrogens with zero attached hydrogens (tertiary/aromatic N) is 4. The van der Waals surface area contributed by atoms with Crippen LogP contribution in [0.25, 0.3) is 4.98 Å². The predicted octanol–water partition coefficient (Wildman–Crippen LogP) is 3.83. The van der Waals surface area contributed by atoms with Gasteiger partial charge in [-0.25, -0.2) is 0 Å². The lowest BCUT2D eigenvalue weighted by atomic mass is 10.3. The predicted molar refractivity (Wildman–Crippen MR) is 71.6 cm³/mol. The van der Waals surface area contributed by atoms with Gasteiger partial charge in [0.05, 0.1) is 16.3 Å². The van der Waals surface area contributed by atoms with Gasteiger partial charge in [-0.15, -0.1) is 0 Å². The molecule has 8 heteroatoms. The highest BCUT2D eigenvalue weighted by molar-refractivity contribution is 7.85. The number of diazo groups is 1. The average molecular weight is 289 g/mol. The highest BCUT2D eigenvalue weighted by Gasteiger charge is 2.08. The van der Waals surface area contributed by atoms with Crippen LogP contribution in [0, 0.1) is 5.39 Å². The van der Waals surface area contributed by atoms with Crippen LogP contribution in [-0.4, -0.2) is 13.0 Å². The van der Waals surface area contributed by atoms with Crippen LogP contribution in [-0.2, 0) is 10.1 Å². The van der Waals surface area contributed by atoms with E-state index in [1.165, 1.54) is 24.3 Å². The van der Waals surface area contributed by atoms with E-state index in [9.17, 15) is 8.42 Å². The van der Waals surface area contributed by atoms with Gasteiger partial charge in [0, 0.05) is 12.1 Å². The highest BCUT2D eigenvalue weighted by atomic mass is 32.2. The Labute approximate surface area is 115 Å². The molecule has 100 valence electrons. The summed E-state index contributed by atoms with van der Waals surface area (Å²) in [5.74, 6) is 0. The van der Waals surface area contributed by atoms with E-state index < -0.39 is 10.1 Å². The number of hydrogen-bond donors (Lipinski definition) is 1. The van der Waals surface area contributed by atoms with Crippen LogP contribution < -0.4 is 0 Å². The molecule has 20 heavy (non-hydrogen) atoms. The van der Waals surface area contributed by atoms with Crippen molar-refractivity contribution in [3.05, 3.63) is 53.5 Å². The Bertz CT molecular complexity index is 775. The number of benzene rings is 2. The first-order valence-corrected chi connectivity index (χ1v) is 6.87. The Morgan fingerprint density at radius 2 is 1.35 bits per heavy atom. The summed E-state index contributed by atoms with van der Waals surface area (Å²) in [5.41, 5.74) is 1.39. The lowest BCUT2D eigenvalue weighted by Crippen LogP contribution is -1.96. The fraction of sp³-hybridized carbons (Fsp3) is 0. The zero-order valence-corrected chi connectivity index (χ0v) is 10.9. The van der Waals surface area contributed by atoms with E-state index in [1.54, 1.807) is 24.3 Å². The summed E-state index contributed by atoms with van der Waals surface area (Å²) in [6.07, 6.45) is 0. The second-order valence-corrected chi connectivity index (χ2v) is 5.21. The molecule has 0 unspecified atom stereocenters. The average Bonchev–Trinajstić information content (AvgIpc) is 2.45. The van der Waals surface area contributed by atoms with Crippen LogP contribution >= 0.6 is 0 Å². The van der Waals surface area contributed by atoms with Crippen LogP contribution in [0.4, 0.5) is 17.1 Å². The monoisotopic (exact) mass is 289 g/mol. The molecule has 7 nitrogen and oxygen atoms in total. The molecule has 0 saturated heterocycles. The van der Waals surface area contributed by atoms with Gasteiger partial charge in [0.2, 0.25) is 5.39 Å². The van der Waals surface area contributed by atoms with Crippen LogP contribution in [0.2, 0.25) is 0 Å². The van der Waals surface area contributed by atoms with E-state index in [1.807, 2.05) is 0 Å². The van der Waals surface area contributed by atoms with Crippen LogP contribution in [0.3, 0.4) is 0 Å². The lowest BCUT2D eigenvalue weighted by molar-refractivity contribution is 0.483. The van der Waals surface area contributed by atoms with Crippen LogP contribution in [0.15, 0.2) is 63.7 Å². The molecule has 2 aromatic rings.